The van der Waals surface area contributed by atoms with Crippen molar-refractivity contribution in [1.82, 2.24) is 9.97 Å². The molecule has 2 heterocycles. The highest BCUT2D eigenvalue weighted by Gasteiger charge is 2.02. The Morgan fingerprint density at radius 3 is 2.81 bits per heavy atom. The van der Waals surface area contributed by atoms with E-state index in [1.165, 1.54) is 12.3 Å². The van der Waals surface area contributed by atoms with E-state index < -0.39 is 0 Å². The minimum absolute atomic E-state index is 0.321. The minimum atomic E-state index is -0.321. The number of aromatic nitrogens is 2. The molecule has 0 N–H and O–H groups in total. The Morgan fingerprint density at radius 1 is 1.06 bits per heavy atom. The van der Waals surface area contributed by atoms with Gasteiger partial charge in [-0.1, -0.05) is 6.07 Å². The van der Waals surface area contributed by atoms with Crippen molar-refractivity contribution in [2.24, 2.45) is 0 Å². The van der Waals surface area contributed by atoms with E-state index in [1.54, 1.807) is 17.4 Å². The van der Waals surface area contributed by atoms with Crippen LogP contribution < -0.4 is 0 Å². The fraction of sp³-hybridized carbons (Fsp3) is 0. The summed E-state index contributed by atoms with van der Waals surface area (Å²) in [5, 5.41) is 0. The van der Waals surface area contributed by atoms with E-state index in [0.717, 1.165) is 21.5 Å². The van der Waals surface area contributed by atoms with Crippen LogP contribution in [0.2, 0.25) is 0 Å². The second-order valence-corrected chi connectivity index (χ2v) is 4.28. The van der Waals surface area contributed by atoms with E-state index in [1.807, 2.05) is 23.7 Å². The highest BCUT2D eigenvalue weighted by atomic mass is 32.1. The van der Waals surface area contributed by atoms with Crippen LogP contribution in [0, 0.1) is 5.82 Å². The standard InChI is InChI=1S/C12H7FN2S/c13-9-2-3-10(14-6-9)8-1-4-12-11(5-8)15-7-16-12/h1-7H. The molecule has 0 unspecified atom stereocenters. The first-order chi connectivity index (χ1) is 7.83. The van der Waals surface area contributed by atoms with Gasteiger partial charge in [-0.05, 0) is 24.3 Å². The summed E-state index contributed by atoms with van der Waals surface area (Å²) in [6.45, 7) is 0. The molecule has 0 aliphatic carbocycles. The van der Waals surface area contributed by atoms with Gasteiger partial charge >= 0.3 is 0 Å². The Morgan fingerprint density at radius 2 is 2.00 bits per heavy atom. The molecule has 0 radical (unpaired) electrons. The summed E-state index contributed by atoms with van der Waals surface area (Å²) in [7, 11) is 0. The molecule has 3 rings (SSSR count). The third-order valence-electron chi connectivity index (χ3n) is 2.35. The Bertz CT molecular complexity index is 631. The summed E-state index contributed by atoms with van der Waals surface area (Å²) in [5.74, 6) is -0.321. The third-order valence-corrected chi connectivity index (χ3v) is 3.16. The molecule has 16 heavy (non-hydrogen) atoms. The van der Waals surface area contributed by atoms with Crippen molar-refractivity contribution >= 4 is 21.6 Å². The number of hydrogen-bond acceptors (Lipinski definition) is 3. The number of rotatable bonds is 1. The highest BCUT2D eigenvalue weighted by Crippen LogP contribution is 2.24. The van der Waals surface area contributed by atoms with E-state index in [0.29, 0.717) is 0 Å². The molecule has 0 fully saturated rings. The molecule has 0 saturated heterocycles. The van der Waals surface area contributed by atoms with Gasteiger partial charge < -0.3 is 0 Å². The van der Waals surface area contributed by atoms with E-state index in [2.05, 4.69) is 9.97 Å². The first-order valence-corrected chi connectivity index (χ1v) is 5.66. The van der Waals surface area contributed by atoms with Gasteiger partial charge in [0.1, 0.15) is 5.82 Å². The van der Waals surface area contributed by atoms with Gasteiger partial charge in [0.15, 0.2) is 0 Å². The van der Waals surface area contributed by atoms with Crippen LogP contribution in [0.15, 0.2) is 42.0 Å². The van der Waals surface area contributed by atoms with Crippen LogP contribution in [0.3, 0.4) is 0 Å². The van der Waals surface area contributed by atoms with Crippen LogP contribution in [0.4, 0.5) is 4.39 Å². The molecule has 4 heteroatoms. The highest BCUT2D eigenvalue weighted by molar-refractivity contribution is 7.16. The fourth-order valence-electron chi connectivity index (χ4n) is 1.56. The molecule has 0 bridgehead atoms. The Labute approximate surface area is 95.4 Å². The van der Waals surface area contributed by atoms with Crippen molar-refractivity contribution in [3.05, 3.63) is 47.9 Å². The number of nitrogens with zero attached hydrogens (tertiary/aromatic N) is 2. The topological polar surface area (TPSA) is 25.8 Å². The molecule has 2 nitrogen and oxygen atoms in total. The van der Waals surface area contributed by atoms with Gasteiger partial charge in [0.2, 0.25) is 0 Å². The smallest absolute Gasteiger partial charge is 0.141 e. The number of benzene rings is 1. The maximum atomic E-state index is 12.7. The fourth-order valence-corrected chi connectivity index (χ4v) is 2.22. The molecule has 3 aromatic rings. The first-order valence-electron chi connectivity index (χ1n) is 4.78. The van der Waals surface area contributed by atoms with Gasteiger partial charge in [-0.3, -0.25) is 4.98 Å². The van der Waals surface area contributed by atoms with Crippen molar-refractivity contribution in [1.29, 1.82) is 0 Å². The van der Waals surface area contributed by atoms with Gasteiger partial charge in [-0.2, -0.15) is 0 Å². The number of hydrogen-bond donors (Lipinski definition) is 0. The van der Waals surface area contributed by atoms with Gasteiger partial charge in [0.25, 0.3) is 0 Å². The zero-order valence-electron chi connectivity index (χ0n) is 8.22. The van der Waals surface area contributed by atoms with Crippen molar-refractivity contribution in [3.8, 4) is 11.3 Å². The van der Waals surface area contributed by atoms with Crippen molar-refractivity contribution < 1.29 is 4.39 Å². The van der Waals surface area contributed by atoms with Gasteiger partial charge in [-0.25, -0.2) is 9.37 Å². The number of thiazole rings is 1. The summed E-state index contributed by atoms with van der Waals surface area (Å²) in [6, 6.07) is 9.02. The number of fused-ring (bicyclic) bond motifs is 1. The van der Waals surface area contributed by atoms with Gasteiger partial charge in [-0.15, -0.1) is 11.3 Å². The summed E-state index contributed by atoms with van der Waals surface area (Å²) in [5.41, 5.74) is 4.48. The summed E-state index contributed by atoms with van der Waals surface area (Å²) in [4.78, 5) is 8.28. The predicted molar refractivity (Wildman–Crippen MR) is 62.8 cm³/mol. The number of halogens is 1. The van der Waals surface area contributed by atoms with Crippen LogP contribution in [-0.4, -0.2) is 9.97 Å². The largest absolute Gasteiger partial charge is 0.253 e. The SMILES string of the molecule is Fc1ccc(-c2ccc3scnc3c2)nc1. The van der Waals surface area contributed by atoms with Crippen LogP contribution >= 0.6 is 11.3 Å². The Hall–Kier alpha value is -1.81. The van der Waals surface area contributed by atoms with Gasteiger partial charge in [0.05, 0.1) is 27.6 Å². The quantitative estimate of drug-likeness (QED) is 0.639. The molecule has 0 spiro atoms. The molecule has 1 aromatic carbocycles. The van der Waals surface area contributed by atoms with E-state index in [4.69, 9.17) is 0 Å². The lowest BCUT2D eigenvalue weighted by Gasteiger charge is -1.99. The van der Waals surface area contributed by atoms with Crippen LogP contribution in [0.1, 0.15) is 0 Å². The molecule has 2 aromatic heterocycles. The summed E-state index contributed by atoms with van der Waals surface area (Å²) >= 11 is 1.60. The molecule has 0 atom stereocenters. The van der Waals surface area contributed by atoms with Crippen molar-refractivity contribution in [3.63, 3.8) is 0 Å². The molecule has 0 aliphatic rings. The maximum absolute atomic E-state index is 12.7. The van der Waals surface area contributed by atoms with Crippen molar-refractivity contribution in [2.45, 2.75) is 0 Å². The third kappa shape index (κ3) is 1.57. The molecular weight excluding hydrogens is 223 g/mol. The lowest BCUT2D eigenvalue weighted by molar-refractivity contribution is 0.622. The van der Waals surface area contributed by atoms with Gasteiger partial charge in [0, 0.05) is 5.56 Å². The molecule has 0 aliphatic heterocycles. The van der Waals surface area contributed by atoms with Crippen LogP contribution in [0.5, 0.6) is 0 Å². The van der Waals surface area contributed by atoms with Crippen molar-refractivity contribution in [2.75, 3.05) is 0 Å². The molecule has 0 saturated carbocycles. The molecule has 78 valence electrons. The van der Waals surface area contributed by atoms with Crippen LogP contribution in [-0.2, 0) is 0 Å². The minimum Gasteiger partial charge on any atom is -0.253 e. The lowest BCUT2D eigenvalue weighted by Crippen LogP contribution is -1.84. The van der Waals surface area contributed by atoms with E-state index in [-0.39, 0.29) is 5.82 Å². The zero-order chi connectivity index (χ0) is 11.0. The summed E-state index contributed by atoms with van der Waals surface area (Å²) in [6.07, 6.45) is 1.22. The molecule has 0 amide bonds. The first kappa shape index (κ1) is 9.42. The zero-order valence-corrected chi connectivity index (χ0v) is 9.04. The number of pyridine rings is 1. The average molecular weight is 230 g/mol. The monoisotopic (exact) mass is 230 g/mol. The maximum Gasteiger partial charge on any atom is 0.141 e. The second-order valence-electron chi connectivity index (χ2n) is 3.40. The lowest BCUT2D eigenvalue weighted by atomic mass is 10.1. The summed E-state index contributed by atoms with van der Waals surface area (Å²) < 4.78 is 13.9. The Balaban J connectivity index is 2.14. The van der Waals surface area contributed by atoms with Crippen LogP contribution in [0.25, 0.3) is 21.5 Å². The second kappa shape index (κ2) is 3.64. The Kier molecular flexibility index (Phi) is 2.15. The van der Waals surface area contributed by atoms with E-state index in [9.17, 15) is 4.39 Å². The molecular formula is C12H7FN2S. The van der Waals surface area contributed by atoms with E-state index >= 15 is 0 Å². The predicted octanol–water partition coefficient (Wildman–Crippen LogP) is 3.50. The normalized spacial score (nSPS) is 10.8. The average Bonchev–Trinajstić information content (AvgIpc) is 2.77.